The standard InChI is InChI=1S/C21H21N3OS/c1-3-7-15(8-4-1)17-13-24(19-11-12-25-14-18(17)19)21-23-22-20(26-21)16-9-5-2-6-10-16/h1-10,17-19H,11-14H2/t17-,18+,19+/m1/s1. The van der Waals surface area contributed by atoms with Gasteiger partial charge in [0.15, 0.2) is 0 Å². The molecule has 0 saturated carbocycles. The second-order valence-electron chi connectivity index (χ2n) is 7.02. The van der Waals surface area contributed by atoms with Crippen LogP contribution in [0, 0.1) is 5.92 Å². The van der Waals surface area contributed by atoms with Gasteiger partial charge in [0, 0.05) is 36.6 Å². The molecule has 0 radical (unpaired) electrons. The number of rotatable bonds is 3. The zero-order chi connectivity index (χ0) is 17.3. The lowest BCUT2D eigenvalue weighted by Crippen LogP contribution is -2.38. The van der Waals surface area contributed by atoms with E-state index in [1.807, 2.05) is 18.2 Å². The van der Waals surface area contributed by atoms with Crippen LogP contribution in [-0.4, -0.2) is 36.0 Å². The van der Waals surface area contributed by atoms with Gasteiger partial charge in [0.2, 0.25) is 5.13 Å². The molecule has 0 unspecified atom stereocenters. The molecule has 26 heavy (non-hydrogen) atoms. The first-order valence-corrected chi connectivity index (χ1v) is 10.00. The quantitative estimate of drug-likeness (QED) is 0.698. The molecule has 2 aliphatic heterocycles. The molecule has 2 aliphatic rings. The maximum atomic E-state index is 5.83. The minimum absolute atomic E-state index is 0.491. The first-order valence-electron chi connectivity index (χ1n) is 9.18. The Kier molecular flexibility index (Phi) is 4.19. The van der Waals surface area contributed by atoms with Gasteiger partial charge in [-0.1, -0.05) is 72.0 Å². The summed E-state index contributed by atoms with van der Waals surface area (Å²) < 4.78 is 5.83. The van der Waals surface area contributed by atoms with E-state index in [1.165, 1.54) is 5.56 Å². The van der Waals surface area contributed by atoms with Gasteiger partial charge >= 0.3 is 0 Å². The number of hydrogen-bond acceptors (Lipinski definition) is 5. The van der Waals surface area contributed by atoms with Gasteiger partial charge in [-0.3, -0.25) is 0 Å². The van der Waals surface area contributed by atoms with Crippen LogP contribution in [0.15, 0.2) is 60.7 Å². The molecule has 5 rings (SSSR count). The molecule has 0 aliphatic carbocycles. The van der Waals surface area contributed by atoms with Crippen molar-refractivity contribution >= 4 is 16.5 Å². The Morgan fingerprint density at radius 1 is 0.962 bits per heavy atom. The van der Waals surface area contributed by atoms with E-state index >= 15 is 0 Å². The molecule has 5 heteroatoms. The van der Waals surface area contributed by atoms with E-state index in [2.05, 4.69) is 57.6 Å². The molecular formula is C21H21N3OS. The summed E-state index contributed by atoms with van der Waals surface area (Å²) in [6, 6.07) is 21.7. The van der Waals surface area contributed by atoms with Crippen molar-refractivity contribution in [2.24, 2.45) is 5.92 Å². The van der Waals surface area contributed by atoms with Crippen LogP contribution in [0.4, 0.5) is 5.13 Å². The molecule has 1 aromatic heterocycles. The molecule has 0 amide bonds. The summed E-state index contributed by atoms with van der Waals surface area (Å²) in [5, 5.41) is 11.0. The second-order valence-corrected chi connectivity index (χ2v) is 7.98. The van der Waals surface area contributed by atoms with E-state index in [9.17, 15) is 0 Å². The van der Waals surface area contributed by atoms with Gasteiger partial charge in [-0.05, 0) is 12.0 Å². The SMILES string of the molecule is c1ccc(-c2nnc(N3C[C@H](c4ccccc4)[C@@H]4COCC[C@@H]43)s2)cc1. The number of anilines is 1. The van der Waals surface area contributed by atoms with Gasteiger partial charge < -0.3 is 9.64 Å². The lowest BCUT2D eigenvalue weighted by molar-refractivity contribution is 0.0462. The average Bonchev–Trinajstić information content (AvgIpc) is 3.34. The molecule has 3 aromatic rings. The maximum absolute atomic E-state index is 5.83. The van der Waals surface area contributed by atoms with Crippen LogP contribution >= 0.6 is 11.3 Å². The number of nitrogens with zero attached hydrogens (tertiary/aromatic N) is 3. The Balaban J connectivity index is 1.46. The van der Waals surface area contributed by atoms with Gasteiger partial charge in [0.05, 0.1) is 6.61 Å². The molecule has 0 spiro atoms. The van der Waals surface area contributed by atoms with Gasteiger partial charge in [-0.25, -0.2) is 0 Å². The smallest absolute Gasteiger partial charge is 0.208 e. The third-order valence-corrected chi connectivity index (χ3v) is 6.59. The third-order valence-electron chi connectivity index (χ3n) is 5.58. The molecule has 2 aromatic carbocycles. The third kappa shape index (κ3) is 2.81. The fourth-order valence-corrected chi connectivity index (χ4v) is 5.22. The zero-order valence-electron chi connectivity index (χ0n) is 14.5. The van der Waals surface area contributed by atoms with E-state index in [1.54, 1.807) is 11.3 Å². The van der Waals surface area contributed by atoms with Crippen molar-refractivity contribution in [2.45, 2.75) is 18.4 Å². The summed E-state index contributed by atoms with van der Waals surface area (Å²) in [6.07, 6.45) is 1.06. The highest BCUT2D eigenvalue weighted by molar-refractivity contribution is 7.18. The average molecular weight is 363 g/mol. The Morgan fingerprint density at radius 3 is 2.54 bits per heavy atom. The number of fused-ring (bicyclic) bond motifs is 1. The molecule has 4 nitrogen and oxygen atoms in total. The van der Waals surface area contributed by atoms with Gasteiger partial charge in [-0.15, -0.1) is 10.2 Å². The highest BCUT2D eigenvalue weighted by Crippen LogP contribution is 2.44. The molecule has 2 fully saturated rings. The monoisotopic (exact) mass is 363 g/mol. The van der Waals surface area contributed by atoms with E-state index in [-0.39, 0.29) is 0 Å². The zero-order valence-corrected chi connectivity index (χ0v) is 15.3. The number of aromatic nitrogens is 2. The van der Waals surface area contributed by atoms with Crippen LogP contribution in [0.2, 0.25) is 0 Å². The summed E-state index contributed by atoms with van der Waals surface area (Å²) in [7, 11) is 0. The lowest BCUT2D eigenvalue weighted by Gasteiger charge is -2.32. The van der Waals surface area contributed by atoms with Crippen molar-refractivity contribution in [3.63, 3.8) is 0 Å². The summed E-state index contributed by atoms with van der Waals surface area (Å²) in [6.45, 7) is 2.67. The van der Waals surface area contributed by atoms with Crippen molar-refractivity contribution < 1.29 is 4.74 Å². The summed E-state index contributed by atoms with van der Waals surface area (Å²) in [5.41, 5.74) is 2.54. The van der Waals surface area contributed by atoms with E-state index in [4.69, 9.17) is 4.74 Å². The molecule has 3 atom stereocenters. The van der Waals surface area contributed by atoms with Crippen LogP contribution in [0.5, 0.6) is 0 Å². The van der Waals surface area contributed by atoms with Gasteiger partial charge in [0.25, 0.3) is 0 Å². The van der Waals surface area contributed by atoms with Crippen molar-refractivity contribution in [3.05, 3.63) is 66.2 Å². The van der Waals surface area contributed by atoms with E-state index in [0.717, 1.165) is 41.9 Å². The van der Waals surface area contributed by atoms with Crippen LogP contribution in [0.25, 0.3) is 10.6 Å². The van der Waals surface area contributed by atoms with Crippen molar-refractivity contribution in [1.29, 1.82) is 0 Å². The van der Waals surface area contributed by atoms with Crippen LogP contribution in [0.3, 0.4) is 0 Å². The van der Waals surface area contributed by atoms with E-state index < -0.39 is 0 Å². The Hall–Kier alpha value is -2.24. The van der Waals surface area contributed by atoms with Gasteiger partial charge in [0.1, 0.15) is 5.01 Å². The molecule has 132 valence electrons. The molecule has 2 saturated heterocycles. The van der Waals surface area contributed by atoms with Crippen LogP contribution in [-0.2, 0) is 4.74 Å². The number of benzene rings is 2. The van der Waals surface area contributed by atoms with Crippen LogP contribution in [0.1, 0.15) is 17.9 Å². The minimum Gasteiger partial charge on any atom is -0.381 e. The molecule has 3 heterocycles. The minimum atomic E-state index is 0.491. The highest BCUT2D eigenvalue weighted by atomic mass is 32.1. The maximum Gasteiger partial charge on any atom is 0.208 e. The van der Waals surface area contributed by atoms with Crippen LogP contribution < -0.4 is 4.90 Å². The number of ether oxygens (including phenoxy) is 1. The first-order chi connectivity index (χ1) is 12.9. The highest BCUT2D eigenvalue weighted by Gasteiger charge is 2.45. The fraction of sp³-hybridized carbons (Fsp3) is 0.333. The largest absolute Gasteiger partial charge is 0.381 e. The first kappa shape index (κ1) is 16.0. The Labute approximate surface area is 157 Å². The predicted molar refractivity (Wildman–Crippen MR) is 105 cm³/mol. The Bertz CT molecular complexity index is 867. The van der Waals surface area contributed by atoms with Crippen molar-refractivity contribution in [2.75, 3.05) is 24.7 Å². The molecular weight excluding hydrogens is 342 g/mol. The van der Waals surface area contributed by atoms with Crippen molar-refractivity contribution in [1.82, 2.24) is 10.2 Å². The summed E-state index contributed by atoms with van der Waals surface area (Å²) in [5.74, 6) is 1.01. The lowest BCUT2D eigenvalue weighted by atomic mass is 9.84. The predicted octanol–water partition coefficient (Wildman–Crippen LogP) is 4.21. The molecule has 0 N–H and O–H groups in total. The van der Waals surface area contributed by atoms with E-state index in [0.29, 0.717) is 17.9 Å². The summed E-state index contributed by atoms with van der Waals surface area (Å²) >= 11 is 1.70. The fourth-order valence-electron chi connectivity index (χ4n) is 4.30. The topological polar surface area (TPSA) is 38.2 Å². The normalized spacial score (nSPS) is 25.2. The Morgan fingerprint density at radius 2 is 1.73 bits per heavy atom. The molecule has 0 bridgehead atoms. The second kappa shape index (κ2) is 6.82. The van der Waals surface area contributed by atoms with Gasteiger partial charge in [-0.2, -0.15) is 0 Å². The number of hydrogen-bond donors (Lipinski definition) is 0. The van der Waals surface area contributed by atoms with Crippen molar-refractivity contribution in [3.8, 4) is 10.6 Å². The summed E-state index contributed by atoms with van der Waals surface area (Å²) in [4.78, 5) is 2.48.